The van der Waals surface area contributed by atoms with Gasteiger partial charge >= 0.3 is 0 Å². The van der Waals surface area contributed by atoms with E-state index in [1.165, 1.54) is 0 Å². The highest BCUT2D eigenvalue weighted by Gasteiger charge is 2.28. The van der Waals surface area contributed by atoms with Gasteiger partial charge in [-0.25, -0.2) is 0 Å². The molecule has 0 aliphatic heterocycles. The molecule has 0 amide bonds. The van der Waals surface area contributed by atoms with Crippen LogP contribution in [-0.4, -0.2) is 16.2 Å². The van der Waals surface area contributed by atoms with E-state index in [0.717, 1.165) is 37.4 Å². The van der Waals surface area contributed by atoms with Crippen LogP contribution in [0.4, 0.5) is 0 Å². The molecular formula is C11H19N3O. The molecule has 3 atom stereocenters. The van der Waals surface area contributed by atoms with Gasteiger partial charge in [-0.1, -0.05) is 19.0 Å². The van der Waals surface area contributed by atoms with Gasteiger partial charge in [-0.2, -0.15) is 4.98 Å². The summed E-state index contributed by atoms with van der Waals surface area (Å²) in [5.41, 5.74) is 5.87. The van der Waals surface area contributed by atoms with Gasteiger partial charge in [0.25, 0.3) is 0 Å². The second-order valence-corrected chi connectivity index (χ2v) is 4.57. The molecule has 1 fully saturated rings. The van der Waals surface area contributed by atoms with Crippen LogP contribution < -0.4 is 5.73 Å². The molecule has 0 saturated heterocycles. The van der Waals surface area contributed by atoms with Crippen molar-refractivity contribution in [2.24, 2.45) is 5.73 Å². The second kappa shape index (κ2) is 4.31. The van der Waals surface area contributed by atoms with E-state index in [-0.39, 0.29) is 0 Å². The van der Waals surface area contributed by atoms with Gasteiger partial charge in [-0.05, 0) is 25.7 Å². The summed E-state index contributed by atoms with van der Waals surface area (Å²) in [7, 11) is 0. The van der Waals surface area contributed by atoms with Gasteiger partial charge in [-0.3, -0.25) is 0 Å². The Morgan fingerprint density at radius 3 is 2.93 bits per heavy atom. The summed E-state index contributed by atoms with van der Waals surface area (Å²) in [6, 6.07) is 0.314. The van der Waals surface area contributed by atoms with E-state index < -0.39 is 0 Å². The summed E-state index contributed by atoms with van der Waals surface area (Å²) >= 11 is 0. The highest BCUT2D eigenvalue weighted by molar-refractivity contribution is 5.01. The molecule has 2 N–H and O–H groups in total. The number of nitrogens with two attached hydrogens (primary N) is 1. The van der Waals surface area contributed by atoms with Crippen LogP contribution in [0.15, 0.2) is 4.52 Å². The first-order valence-electron chi connectivity index (χ1n) is 5.79. The van der Waals surface area contributed by atoms with Crippen LogP contribution in [0.3, 0.4) is 0 Å². The van der Waals surface area contributed by atoms with Gasteiger partial charge in [0.1, 0.15) is 0 Å². The summed E-state index contributed by atoms with van der Waals surface area (Å²) in [4.78, 5) is 4.46. The lowest BCUT2D eigenvalue weighted by molar-refractivity contribution is 0.347. The highest BCUT2D eigenvalue weighted by Crippen LogP contribution is 2.33. The lowest BCUT2D eigenvalue weighted by Gasteiger charge is -2.02. The maximum Gasteiger partial charge on any atom is 0.229 e. The van der Waals surface area contributed by atoms with Gasteiger partial charge in [0.15, 0.2) is 5.82 Å². The van der Waals surface area contributed by atoms with Gasteiger partial charge < -0.3 is 10.3 Å². The monoisotopic (exact) mass is 209 g/mol. The summed E-state index contributed by atoms with van der Waals surface area (Å²) < 4.78 is 5.30. The van der Waals surface area contributed by atoms with Crippen LogP contribution in [0.2, 0.25) is 0 Å². The van der Waals surface area contributed by atoms with Crippen LogP contribution in [0.25, 0.3) is 0 Å². The SMILES string of the molecule is CCC(C)c1noc([C@@H]2CC[C@H](N)C2)n1. The Hall–Kier alpha value is -0.900. The molecular weight excluding hydrogens is 190 g/mol. The second-order valence-electron chi connectivity index (χ2n) is 4.57. The van der Waals surface area contributed by atoms with Crippen molar-refractivity contribution in [1.29, 1.82) is 0 Å². The molecule has 1 aromatic rings. The molecule has 0 radical (unpaired) electrons. The molecule has 84 valence electrons. The third-order valence-corrected chi connectivity index (χ3v) is 3.33. The van der Waals surface area contributed by atoms with E-state index in [0.29, 0.717) is 17.9 Å². The summed E-state index contributed by atoms with van der Waals surface area (Å²) in [6.07, 6.45) is 4.19. The first-order valence-corrected chi connectivity index (χ1v) is 5.79. The molecule has 0 spiro atoms. The van der Waals surface area contributed by atoms with Crippen molar-refractivity contribution in [3.8, 4) is 0 Å². The third kappa shape index (κ3) is 2.20. The van der Waals surface area contributed by atoms with Crippen LogP contribution in [0, 0.1) is 0 Å². The van der Waals surface area contributed by atoms with Crippen LogP contribution in [0.1, 0.15) is 63.1 Å². The minimum absolute atomic E-state index is 0.314. The normalized spacial score (nSPS) is 28.2. The lowest BCUT2D eigenvalue weighted by Crippen LogP contribution is -2.14. The molecule has 1 aliphatic rings. The quantitative estimate of drug-likeness (QED) is 0.828. The zero-order valence-electron chi connectivity index (χ0n) is 9.44. The van der Waals surface area contributed by atoms with Crippen molar-refractivity contribution in [1.82, 2.24) is 10.1 Å². The molecule has 4 heteroatoms. The van der Waals surface area contributed by atoms with Gasteiger partial charge in [0.05, 0.1) is 0 Å². The van der Waals surface area contributed by atoms with E-state index in [1.807, 2.05) is 0 Å². The average molecular weight is 209 g/mol. The maximum atomic E-state index is 5.87. The minimum Gasteiger partial charge on any atom is -0.339 e. The first kappa shape index (κ1) is 10.6. The van der Waals surface area contributed by atoms with E-state index >= 15 is 0 Å². The molecule has 4 nitrogen and oxygen atoms in total. The zero-order chi connectivity index (χ0) is 10.8. The molecule has 1 unspecified atom stereocenters. The van der Waals surface area contributed by atoms with E-state index in [1.54, 1.807) is 0 Å². The highest BCUT2D eigenvalue weighted by atomic mass is 16.5. The number of rotatable bonds is 3. The minimum atomic E-state index is 0.314. The van der Waals surface area contributed by atoms with Crippen molar-refractivity contribution in [2.45, 2.75) is 57.4 Å². The largest absolute Gasteiger partial charge is 0.339 e. The summed E-state index contributed by atoms with van der Waals surface area (Å²) in [5, 5.41) is 4.03. The topological polar surface area (TPSA) is 64.9 Å². The average Bonchev–Trinajstić information content (AvgIpc) is 2.84. The molecule has 0 bridgehead atoms. The predicted molar refractivity (Wildman–Crippen MR) is 57.6 cm³/mol. The Kier molecular flexibility index (Phi) is 3.05. The number of nitrogens with zero attached hydrogens (tertiary/aromatic N) is 2. The standard InChI is InChI=1S/C11H19N3O/c1-3-7(2)10-13-11(15-14-10)8-4-5-9(12)6-8/h7-9H,3-6,12H2,1-2H3/t7?,8-,9+/m1/s1. The number of aromatic nitrogens is 2. The lowest BCUT2D eigenvalue weighted by atomic mass is 10.1. The van der Waals surface area contributed by atoms with Crippen LogP contribution >= 0.6 is 0 Å². The van der Waals surface area contributed by atoms with Crippen LogP contribution in [0.5, 0.6) is 0 Å². The Morgan fingerprint density at radius 2 is 2.33 bits per heavy atom. The summed E-state index contributed by atoms with van der Waals surface area (Å²) in [6.45, 7) is 4.25. The van der Waals surface area contributed by atoms with E-state index in [4.69, 9.17) is 10.3 Å². The number of hydrogen-bond acceptors (Lipinski definition) is 4. The van der Waals surface area contributed by atoms with Crippen molar-refractivity contribution in [2.75, 3.05) is 0 Å². The maximum absolute atomic E-state index is 5.87. The fourth-order valence-electron chi connectivity index (χ4n) is 2.04. The molecule has 1 aromatic heterocycles. The molecule has 2 rings (SSSR count). The Bertz CT molecular complexity index is 323. The molecule has 15 heavy (non-hydrogen) atoms. The van der Waals surface area contributed by atoms with Crippen molar-refractivity contribution < 1.29 is 4.52 Å². The molecule has 1 heterocycles. The smallest absolute Gasteiger partial charge is 0.229 e. The zero-order valence-corrected chi connectivity index (χ0v) is 9.44. The fraction of sp³-hybridized carbons (Fsp3) is 0.818. The van der Waals surface area contributed by atoms with Gasteiger partial charge in [0, 0.05) is 17.9 Å². The van der Waals surface area contributed by atoms with Crippen molar-refractivity contribution >= 4 is 0 Å². The predicted octanol–water partition coefficient (Wildman–Crippen LogP) is 2.18. The van der Waals surface area contributed by atoms with Gasteiger partial charge in [-0.15, -0.1) is 0 Å². The Morgan fingerprint density at radius 1 is 1.53 bits per heavy atom. The van der Waals surface area contributed by atoms with E-state index in [9.17, 15) is 0 Å². The first-order chi connectivity index (χ1) is 7.20. The Balaban J connectivity index is 2.07. The Labute approximate surface area is 90.2 Å². The van der Waals surface area contributed by atoms with Crippen molar-refractivity contribution in [3.63, 3.8) is 0 Å². The molecule has 0 aromatic carbocycles. The molecule has 1 saturated carbocycles. The number of hydrogen-bond donors (Lipinski definition) is 1. The third-order valence-electron chi connectivity index (χ3n) is 3.33. The summed E-state index contributed by atoms with van der Waals surface area (Å²) in [5.74, 6) is 2.41. The fourth-order valence-corrected chi connectivity index (χ4v) is 2.04. The van der Waals surface area contributed by atoms with Gasteiger partial charge in [0.2, 0.25) is 5.89 Å². The van der Waals surface area contributed by atoms with Crippen LogP contribution in [-0.2, 0) is 0 Å². The van der Waals surface area contributed by atoms with E-state index in [2.05, 4.69) is 24.0 Å². The van der Waals surface area contributed by atoms with Crippen molar-refractivity contribution in [3.05, 3.63) is 11.7 Å². The molecule has 1 aliphatic carbocycles.